The van der Waals surface area contributed by atoms with Crippen molar-refractivity contribution in [1.82, 2.24) is 10.3 Å². The quantitative estimate of drug-likeness (QED) is 0.522. The highest BCUT2D eigenvalue weighted by Gasteiger charge is 2.23. The molecule has 0 saturated heterocycles. The van der Waals surface area contributed by atoms with Crippen LogP contribution in [0.1, 0.15) is 33.4 Å². The van der Waals surface area contributed by atoms with Crippen LogP contribution >= 0.6 is 38.6 Å². The van der Waals surface area contributed by atoms with Crippen LogP contribution in [0.4, 0.5) is 0 Å². The molecule has 3 aromatic rings. The first-order valence-electron chi connectivity index (χ1n) is 8.12. The van der Waals surface area contributed by atoms with Crippen molar-refractivity contribution in [2.45, 2.75) is 19.4 Å². The molecule has 0 aliphatic heterocycles. The number of esters is 1. The van der Waals surface area contributed by atoms with Gasteiger partial charge in [0.15, 0.2) is 0 Å². The van der Waals surface area contributed by atoms with Gasteiger partial charge in [0.05, 0.1) is 30.1 Å². The third-order valence-corrected chi connectivity index (χ3v) is 6.58. The number of nitrogens with zero attached hydrogens (tertiary/aromatic N) is 1. The van der Waals surface area contributed by atoms with E-state index in [0.29, 0.717) is 10.6 Å². The van der Waals surface area contributed by atoms with Crippen molar-refractivity contribution in [2.24, 2.45) is 0 Å². The number of rotatable bonds is 6. The molecular formula is C19H17BrN2O3S2. The summed E-state index contributed by atoms with van der Waals surface area (Å²) in [7, 11) is 1.34. The molecule has 0 bridgehead atoms. The number of amides is 1. The first-order chi connectivity index (χ1) is 13.0. The Kier molecular flexibility index (Phi) is 6.41. The number of aromatic nitrogens is 1. The maximum atomic E-state index is 12.9. The van der Waals surface area contributed by atoms with Crippen molar-refractivity contribution in [3.05, 3.63) is 62.4 Å². The smallest absolute Gasteiger partial charge is 0.307 e. The van der Waals surface area contributed by atoms with Gasteiger partial charge >= 0.3 is 5.97 Å². The molecule has 0 spiro atoms. The molecule has 1 N–H and O–H groups in total. The van der Waals surface area contributed by atoms with Crippen LogP contribution < -0.4 is 5.32 Å². The lowest BCUT2D eigenvalue weighted by atomic mass is 10.0. The van der Waals surface area contributed by atoms with Crippen LogP contribution in [0.2, 0.25) is 0 Å². The van der Waals surface area contributed by atoms with E-state index in [1.165, 1.54) is 18.4 Å². The molecule has 140 valence electrons. The minimum Gasteiger partial charge on any atom is -0.469 e. The number of thiazole rings is 1. The van der Waals surface area contributed by atoms with Gasteiger partial charge in [0.2, 0.25) is 0 Å². The molecule has 0 aliphatic rings. The number of thiophene rings is 1. The molecule has 1 amide bonds. The monoisotopic (exact) mass is 464 g/mol. The van der Waals surface area contributed by atoms with Gasteiger partial charge in [0.1, 0.15) is 9.88 Å². The lowest BCUT2D eigenvalue weighted by Gasteiger charge is -2.18. The van der Waals surface area contributed by atoms with Crippen molar-refractivity contribution in [3.63, 3.8) is 0 Å². The predicted molar refractivity (Wildman–Crippen MR) is 111 cm³/mol. The Morgan fingerprint density at radius 3 is 2.78 bits per heavy atom. The van der Waals surface area contributed by atoms with Gasteiger partial charge in [-0.3, -0.25) is 9.59 Å². The maximum absolute atomic E-state index is 12.9. The number of halogens is 1. The molecule has 2 heterocycles. The fourth-order valence-corrected chi connectivity index (χ4v) is 4.75. The normalized spacial score (nSPS) is 11.8. The summed E-state index contributed by atoms with van der Waals surface area (Å²) in [5.74, 6) is -0.637. The van der Waals surface area contributed by atoms with E-state index < -0.39 is 6.04 Å². The van der Waals surface area contributed by atoms with Crippen LogP contribution in [0.15, 0.2) is 46.3 Å². The topological polar surface area (TPSA) is 68.3 Å². The van der Waals surface area contributed by atoms with E-state index in [1.54, 1.807) is 11.3 Å². The van der Waals surface area contributed by atoms with Crippen molar-refractivity contribution < 1.29 is 14.3 Å². The number of hydrogen-bond donors (Lipinski definition) is 1. The molecular weight excluding hydrogens is 448 g/mol. The second kappa shape index (κ2) is 8.77. The van der Waals surface area contributed by atoms with Gasteiger partial charge in [0, 0.05) is 4.47 Å². The highest BCUT2D eigenvalue weighted by Crippen LogP contribution is 2.31. The number of carbonyl (C=O) groups excluding carboxylic acids is 2. The zero-order valence-corrected chi connectivity index (χ0v) is 17.9. The molecule has 5 nitrogen and oxygen atoms in total. The Hall–Kier alpha value is -2.03. The average Bonchev–Trinajstić information content (AvgIpc) is 3.30. The standard InChI is InChI=1S/C19H17BrN2O3S2/c1-11-17(27-19(21-11)15-7-4-8-26-15)18(24)22-14(10-16(23)25-2)12-5-3-6-13(20)9-12/h3-9,14H,10H2,1-2H3,(H,22,24). The largest absolute Gasteiger partial charge is 0.469 e. The Morgan fingerprint density at radius 2 is 2.11 bits per heavy atom. The van der Waals surface area contributed by atoms with Gasteiger partial charge in [-0.2, -0.15) is 0 Å². The van der Waals surface area contributed by atoms with Gasteiger partial charge in [-0.05, 0) is 36.1 Å². The average molecular weight is 465 g/mol. The second-order valence-corrected chi connectivity index (χ2v) is 8.63. The minimum absolute atomic E-state index is 0.0499. The van der Waals surface area contributed by atoms with Gasteiger partial charge < -0.3 is 10.1 Å². The third-order valence-electron chi connectivity index (χ3n) is 3.89. The first-order valence-corrected chi connectivity index (χ1v) is 10.6. The third kappa shape index (κ3) is 4.82. The summed E-state index contributed by atoms with van der Waals surface area (Å²) in [6.45, 7) is 1.82. The molecule has 1 aromatic carbocycles. The Morgan fingerprint density at radius 1 is 1.30 bits per heavy atom. The molecule has 2 aromatic heterocycles. The van der Waals surface area contributed by atoms with Crippen LogP contribution in [0.3, 0.4) is 0 Å². The summed E-state index contributed by atoms with van der Waals surface area (Å²) < 4.78 is 5.66. The lowest BCUT2D eigenvalue weighted by Crippen LogP contribution is -2.30. The van der Waals surface area contributed by atoms with Crippen LogP contribution in [0.5, 0.6) is 0 Å². The molecule has 3 rings (SSSR count). The molecule has 0 saturated carbocycles. The number of carbonyl (C=O) groups is 2. The summed E-state index contributed by atoms with van der Waals surface area (Å²) in [5, 5.41) is 5.75. The zero-order valence-electron chi connectivity index (χ0n) is 14.7. The van der Waals surface area contributed by atoms with Crippen molar-refractivity contribution in [3.8, 4) is 9.88 Å². The zero-order chi connectivity index (χ0) is 19.4. The molecule has 27 heavy (non-hydrogen) atoms. The predicted octanol–water partition coefficient (Wildman–Crippen LogP) is 4.98. The van der Waals surface area contributed by atoms with Gasteiger partial charge in [0.25, 0.3) is 5.91 Å². The number of nitrogens with one attached hydrogen (secondary N) is 1. The summed E-state index contributed by atoms with van der Waals surface area (Å²) in [6.07, 6.45) is 0.0499. The fourth-order valence-electron chi connectivity index (χ4n) is 2.56. The highest BCUT2D eigenvalue weighted by molar-refractivity contribution is 9.10. The van der Waals surface area contributed by atoms with Crippen molar-refractivity contribution in [1.29, 1.82) is 0 Å². The van der Waals surface area contributed by atoms with Gasteiger partial charge in [-0.1, -0.05) is 34.1 Å². The van der Waals surface area contributed by atoms with Gasteiger partial charge in [-0.15, -0.1) is 22.7 Å². The number of aryl methyl sites for hydroxylation is 1. The highest BCUT2D eigenvalue weighted by atomic mass is 79.9. The van der Waals surface area contributed by atoms with Gasteiger partial charge in [-0.25, -0.2) is 4.98 Å². The molecule has 8 heteroatoms. The van der Waals surface area contributed by atoms with E-state index in [2.05, 4.69) is 26.2 Å². The summed E-state index contributed by atoms with van der Waals surface area (Å²) >= 11 is 6.36. The van der Waals surface area contributed by atoms with Crippen LogP contribution in [0.25, 0.3) is 9.88 Å². The summed E-state index contributed by atoms with van der Waals surface area (Å²) in [5.41, 5.74) is 1.50. The van der Waals surface area contributed by atoms with E-state index >= 15 is 0 Å². The number of methoxy groups -OCH3 is 1. The summed E-state index contributed by atoms with van der Waals surface area (Å²) in [6, 6.07) is 10.9. The molecule has 0 aliphatic carbocycles. The first kappa shape index (κ1) is 19.7. The molecule has 0 fully saturated rings. The van der Waals surface area contributed by atoms with E-state index in [4.69, 9.17) is 4.74 Å². The van der Waals surface area contributed by atoms with E-state index in [-0.39, 0.29) is 18.3 Å². The SMILES string of the molecule is COC(=O)CC(NC(=O)c1sc(-c2cccs2)nc1C)c1cccc(Br)c1. The lowest BCUT2D eigenvalue weighted by molar-refractivity contribution is -0.141. The molecule has 0 radical (unpaired) electrons. The second-order valence-electron chi connectivity index (χ2n) is 5.77. The van der Waals surface area contributed by atoms with Crippen LogP contribution in [0, 0.1) is 6.92 Å². The van der Waals surface area contributed by atoms with E-state index in [1.807, 2.05) is 48.7 Å². The van der Waals surface area contributed by atoms with Crippen LogP contribution in [-0.4, -0.2) is 24.0 Å². The van der Waals surface area contributed by atoms with Crippen LogP contribution in [-0.2, 0) is 9.53 Å². The van der Waals surface area contributed by atoms with E-state index in [0.717, 1.165) is 19.9 Å². The molecule has 1 unspecified atom stereocenters. The fraction of sp³-hybridized carbons (Fsp3) is 0.211. The van der Waals surface area contributed by atoms with E-state index in [9.17, 15) is 9.59 Å². The molecule has 1 atom stereocenters. The Bertz CT molecular complexity index is 954. The number of benzene rings is 1. The van der Waals surface area contributed by atoms with Crippen molar-refractivity contribution >= 4 is 50.5 Å². The Balaban J connectivity index is 1.85. The number of hydrogen-bond acceptors (Lipinski definition) is 6. The van der Waals surface area contributed by atoms with Crippen molar-refractivity contribution in [2.75, 3.05) is 7.11 Å². The number of ether oxygens (including phenoxy) is 1. The minimum atomic E-state index is -0.492. The Labute approximate surface area is 173 Å². The maximum Gasteiger partial charge on any atom is 0.307 e. The summed E-state index contributed by atoms with van der Waals surface area (Å²) in [4.78, 5) is 30.8.